The maximum atomic E-state index is 13.0. The molecule has 102 valence electrons. The van der Waals surface area contributed by atoms with Crippen LogP contribution in [-0.4, -0.2) is 18.0 Å². The number of halogens is 2. The van der Waals surface area contributed by atoms with Crippen molar-refractivity contribution in [2.75, 3.05) is 0 Å². The maximum absolute atomic E-state index is 13.0. The van der Waals surface area contributed by atoms with Crippen molar-refractivity contribution in [1.29, 1.82) is 0 Å². The van der Waals surface area contributed by atoms with Gasteiger partial charge in [-0.1, -0.05) is 22.0 Å². The summed E-state index contributed by atoms with van der Waals surface area (Å²) in [5, 5.41) is 4.84. The summed E-state index contributed by atoms with van der Waals surface area (Å²) in [6.07, 6.45) is 1.36. The number of rotatable bonds is 3. The first-order valence-electron chi connectivity index (χ1n) is 5.28. The van der Waals surface area contributed by atoms with Gasteiger partial charge in [0.05, 0.1) is 0 Å². The van der Waals surface area contributed by atoms with Crippen molar-refractivity contribution >= 4 is 26.0 Å². The van der Waals surface area contributed by atoms with Crippen molar-refractivity contribution < 1.29 is 12.8 Å². The standard InChI is InChI=1S/C11H11BrFN3O2S/c1-7-15-11(19(14,17)18)6-16(7)5-8-2-3-9(13)4-10(8)12/h2-4,6H,5H2,1H3,(H2,14,17,18). The Bertz CT molecular complexity index is 728. The number of hydrogen-bond acceptors (Lipinski definition) is 3. The molecular weight excluding hydrogens is 337 g/mol. The van der Waals surface area contributed by atoms with Gasteiger partial charge in [0.2, 0.25) is 0 Å². The largest absolute Gasteiger partial charge is 0.329 e. The molecule has 1 heterocycles. The molecule has 0 radical (unpaired) electrons. The molecule has 1 aromatic carbocycles. The lowest BCUT2D eigenvalue weighted by Gasteiger charge is -2.07. The van der Waals surface area contributed by atoms with Gasteiger partial charge in [-0.15, -0.1) is 0 Å². The molecule has 0 saturated carbocycles. The number of hydrogen-bond donors (Lipinski definition) is 1. The number of nitrogens with two attached hydrogens (primary N) is 1. The molecule has 19 heavy (non-hydrogen) atoms. The third-order valence-corrected chi connectivity index (χ3v) is 4.12. The van der Waals surface area contributed by atoms with Crippen LogP contribution in [0.2, 0.25) is 0 Å². The molecule has 2 N–H and O–H groups in total. The van der Waals surface area contributed by atoms with Gasteiger partial charge in [-0.25, -0.2) is 22.9 Å². The van der Waals surface area contributed by atoms with Crippen LogP contribution in [0.5, 0.6) is 0 Å². The zero-order chi connectivity index (χ0) is 14.2. The molecule has 0 spiro atoms. The normalized spacial score (nSPS) is 11.8. The Morgan fingerprint density at radius 1 is 1.47 bits per heavy atom. The molecule has 5 nitrogen and oxygen atoms in total. The highest BCUT2D eigenvalue weighted by Crippen LogP contribution is 2.20. The number of benzene rings is 1. The number of imidazole rings is 1. The van der Waals surface area contributed by atoms with E-state index in [-0.39, 0.29) is 10.8 Å². The monoisotopic (exact) mass is 347 g/mol. The Hall–Kier alpha value is -1.25. The van der Waals surface area contributed by atoms with Gasteiger partial charge < -0.3 is 4.57 Å². The van der Waals surface area contributed by atoms with Crippen molar-refractivity contribution in [3.63, 3.8) is 0 Å². The second-order valence-electron chi connectivity index (χ2n) is 4.03. The topological polar surface area (TPSA) is 78.0 Å². The lowest BCUT2D eigenvalue weighted by atomic mass is 10.2. The summed E-state index contributed by atoms with van der Waals surface area (Å²) in [5.74, 6) is 0.170. The first-order chi connectivity index (χ1) is 8.77. The summed E-state index contributed by atoms with van der Waals surface area (Å²) < 4.78 is 37.6. The molecule has 0 amide bonds. The lowest BCUT2D eigenvalue weighted by Crippen LogP contribution is -2.12. The molecule has 8 heteroatoms. The summed E-state index contributed by atoms with van der Waals surface area (Å²) in [5.41, 5.74) is 0.808. The number of primary sulfonamides is 1. The quantitative estimate of drug-likeness (QED) is 0.919. The van der Waals surface area contributed by atoms with Gasteiger partial charge in [0.1, 0.15) is 11.6 Å². The molecule has 2 aromatic rings. The van der Waals surface area contributed by atoms with Crippen LogP contribution in [0, 0.1) is 12.7 Å². The van der Waals surface area contributed by atoms with E-state index in [0.717, 1.165) is 5.56 Å². The van der Waals surface area contributed by atoms with Crippen molar-refractivity contribution in [3.8, 4) is 0 Å². The third kappa shape index (κ3) is 3.20. The average Bonchev–Trinajstić information content (AvgIpc) is 2.64. The molecule has 0 aliphatic rings. The Balaban J connectivity index is 2.36. The van der Waals surface area contributed by atoms with Gasteiger partial charge in [-0.05, 0) is 24.6 Å². The highest BCUT2D eigenvalue weighted by atomic mass is 79.9. The van der Waals surface area contributed by atoms with Crippen molar-refractivity contribution in [1.82, 2.24) is 9.55 Å². The Morgan fingerprint density at radius 3 is 2.68 bits per heavy atom. The predicted octanol–water partition coefficient (Wildman–Crippen LogP) is 1.79. The van der Waals surface area contributed by atoms with Crippen LogP contribution in [0.4, 0.5) is 4.39 Å². The van der Waals surface area contributed by atoms with E-state index >= 15 is 0 Å². The van der Waals surface area contributed by atoms with Gasteiger partial charge >= 0.3 is 0 Å². The van der Waals surface area contributed by atoms with Gasteiger partial charge in [0, 0.05) is 17.2 Å². The zero-order valence-electron chi connectivity index (χ0n) is 9.97. The first-order valence-corrected chi connectivity index (χ1v) is 7.62. The van der Waals surface area contributed by atoms with E-state index in [2.05, 4.69) is 20.9 Å². The number of aromatic nitrogens is 2. The fourth-order valence-electron chi connectivity index (χ4n) is 1.61. The smallest absolute Gasteiger partial charge is 0.257 e. The molecule has 0 fully saturated rings. The van der Waals surface area contributed by atoms with E-state index in [0.29, 0.717) is 16.8 Å². The van der Waals surface area contributed by atoms with Crippen LogP contribution in [0.15, 0.2) is 33.9 Å². The van der Waals surface area contributed by atoms with Crippen molar-refractivity contribution in [2.24, 2.45) is 5.14 Å². The van der Waals surface area contributed by atoms with Gasteiger partial charge in [-0.2, -0.15) is 0 Å². The average molecular weight is 348 g/mol. The molecule has 2 rings (SSSR count). The zero-order valence-corrected chi connectivity index (χ0v) is 12.4. The number of aryl methyl sites for hydroxylation is 1. The van der Waals surface area contributed by atoms with Gasteiger partial charge in [-0.3, -0.25) is 0 Å². The highest BCUT2D eigenvalue weighted by Gasteiger charge is 2.15. The van der Waals surface area contributed by atoms with E-state index < -0.39 is 10.0 Å². The first kappa shape index (κ1) is 14.2. The molecule has 0 unspecified atom stereocenters. The fourth-order valence-corrected chi connectivity index (χ4v) is 2.62. The summed E-state index contributed by atoms with van der Waals surface area (Å²) >= 11 is 3.26. The molecular formula is C11H11BrFN3O2S. The fraction of sp³-hybridized carbons (Fsp3) is 0.182. The Kier molecular flexibility index (Phi) is 3.75. The third-order valence-electron chi connectivity index (χ3n) is 2.60. The molecule has 0 aliphatic carbocycles. The van der Waals surface area contributed by atoms with Crippen molar-refractivity contribution in [2.45, 2.75) is 18.5 Å². The van der Waals surface area contributed by atoms with Crippen LogP contribution >= 0.6 is 15.9 Å². The SMILES string of the molecule is Cc1nc(S(N)(=O)=O)cn1Cc1ccc(F)cc1Br. The molecule has 0 aliphatic heterocycles. The summed E-state index contributed by atoms with van der Waals surface area (Å²) in [6, 6.07) is 4.31. The number of nitrogens with zero attached hydrogens (tertiary/aromatic N) is 2. The van der Waals surface area contributed by atoms with Crippen LogP contribution in [-0.2, 0) is 16.6 Å². The van der Waals surface area contributed by atoms with Gasteiger partial charge in [0.15, 0.2) is 5.03 Å². The lowest BCUT2D eigenvalue weighted by molar-refractivity contribution is 0.594. The summed E-state index contributed by atoms with van der Waals surface area (Å²) in [7, 11) is -3.82. The van der Waals surface area contributed by atoms with E-state index in [1.807, 2.05) is 0 Å². The minimum atomic E-state index is -3.82. The van der Waals surface area contributed by atoms with Crippen molar-refractivity contribution in [3.05, 3.63) is 46.1 Å². The second kappa shape index (κ2) is 5.03. The van der Waals surface area contributed by atoms with Crippen LogP contribution in [0.25, 0.3) is 0 Å². The van der Waals surface area contributed by atoms with Crippen LogP contribution in [0.3, 0.4) is 0 Å². The minimum absolute atomic E-state index is 0.178. The second-order valence-corrected chi connectivity index (χ2v) is 6.40. The predicted molar refractivity (Wildman–Crippen MR) is 71.5 cm³/mol. The summed E-state index contributed by atoms with van der Waals surface area (Å²) in [4.78, 5) is 3.89. The highest BCUT2D eigenvalue weighted by molar-refractivity contribution is 9.10. The van der Waals surface area contributed by atoms with E-state index in [4.69, 9.17) is 5.14 Å². The van der Waals surface area contributed by atoms with Gasteiger partial charge in [0.25, 0.3) is 10.0 Å². The maximum Gasteiger partial charge on any atom is 0.257 e. The molecule has 0 atom stereocenters. The molecule has 0 bridgehead atoms. The molecule has 1 aromatic heterocycles. The number of sulfonamides is 1. The van der Waals surface area contributed by atoms with E-state index in [1.165, 1.54) is 18.3 Å². The Morgan fingerprint density at radius 2 is 2.16 bits per heavy atom. The van der Waals surface area contributed by atoms with E-state index in [9.17, 15) is 12.8 Å². The molecule has 0 saturated heterocycles. The van der Waals surface area contributed by atoms with E-state index in [1.54, 1.807) is 17.6 Å². The van der Waals surface area contributed by atoms with Crippen LogP contribution in [0.1, 0.15) is 11.4 Å². The summed E-state index contributed by atoms with van der Waals surface area (Å²) in [6.45, 7) is 2.04. The van der Waals surface area contributed by atoms with Crippen LogP contribution < -0.4 is 5.14 Å². The Labute approximate surface area is 118 Å². The minimum Gasteiger partial charge on any atom is -0.329 e.